The molecule has 0 aliphatic rings. The van der Waals surface area contributed by atoms with Gasteiger partial charge in [-0.05, 0) is 19.3 Å². The van der Waals surface area contributed by atoms with Crippen LogP contribution >= 0.6 is 0 Å². The quantitative estimate of drug-likeness (QED) is 0.189. The minimum atomic E-state index is -3.88. The van der Waals surface area contributed by atoms with Crippen molar-refractivity contribution in [2.75, 3.05) is 6.61 Å². The second kappa shape index (κ2) is 18.2. The fraction of sp³-hybridized carbons (Fsp3) is 1.00. The summed E-state index contributed by atoms with van der Waals surface area (Å²) in [5, 5.41) is 8.16. The summed E-state index contributed by atoms with van der Waals surface area (Å²) in [6.07, 6.45) is 19.6. The molecule has 0 saturated heterocycles. The number of aliphatic hydroxyl groups is 1. The van der Waals surface area contributed by atoms with Gasteiger partial charge in [-0.2, -0.15) is 8.42 Å². The summed E-state index contributed by atoms with van der Waals surface area (Å²) in [6, 6.07) is 0. The van der Waals surface area contributed by atoms with Crippen molar-refractivity contribution in [3.63, 3.8) is 0 Å². The predicted molar refractivity (Wildman–Crippen MR) is 111 cm³/mol. The molecule has 4 nitrogen and oxygen atoms in total. The van der Waals surface area contributed by atoms with Crippen molar-refractivity contribution in [1.82, 2.24) is 0 Å². The van der Waals surface area contributed by atoms with Crippen molar-refractivity contribution < 1.29 is 18.1 Å². The zero-order chi connectivity index (χ0) is 19.5. The fourth-order valence-corrected chi connectivity index (χ4v) is 4.42. The van der Waals surface area contributed by atoms with Crippen LogP contribution in [-0.4, -0.2) is 29.9 Å². The number of hydrogen-bond donors (Lipinski definition) is 2. The molecule has 0 fully saturated rings. The first kappa shape index (κ1) is 25.9. The summed E-state index contributed by atoms with van der Waals surface area (Å²) in [5.74, 6) is 0. The van der Waals surface area contributed by atoms with Crippen molar-refractivity contribution in [3.8, 4) is 0 Å². The van der Waals surface area contributed by atoms with Crippen LogP contribution in [0.1, 0.15) is 122 Å². The van der Waals surface area contributed by atoms with E-state index < -0.39 is 15.4 Å². The molecule has 0 aromatic rings. The normalized spacial score (nSPS) is 13.2. The van der Waals surface area contributed by atoms with E-state index in [1.54, 1.807) is 0 Å². The van der Waals surface area contributed by atoms with Crippen LogP contribution in [0.25, 0.3) is 0 Å². The number of unbranched alkanes of at least 4 members (excludes halogenated alkanes) is 14. The molecule has 158 valence electrons. The van der Waals surface area contributed by atoms with Crippen LogP contribution < -0.4 is 0 Å². The maximum atomic E-state index is 11.5. The lowest BCUT2D eigenvalue weighted by Crippen LogP contribution is -2.20. The van der Waals surface area contributed by atoms with E-state index in [-0.39, 0.29) is 0 Å². The molecule has 0 aromatic heterocycles. The Labute approximate surface area is 162 Å². The summed E-state index contributed by atoms with van der Waals surface area (Å²) in [4.78, 5) is 0. The van der Waals surface area contributed by atoms with E-state index in [1.165, 1.54) is 51.4 Å². The molecule has 26 heavy (non-hydrogen) atoms. The topological polar surface area (TPSA) is 74.6 Å². The summed E-state index contributed by atoms with van der Waals surface area (Å²) < 4.78 is 32.4. The molecule has 1 atom stereocenters. The van der Waals surface area contributed by atoms with Gasteiger partial charge in [0.25, 0.3) is 10.1 Å². The highest BCUT2D eigenvalue weighted by molar-refractivity contribution is 7.86. The van der Waals surface area contributed by atoms with E-state index in [2.05, 4.69) is 6.92 Å². The van der Waals surface area contributed by atoms with Crippen LogP contribution in [0.3, 0.4) is 0 Å². The monoisotopic (exact) mass is 392 g/mol. The molecule has 0 rings (SSSR count). The first-order valence-corrected chi connectivity index (χ1v) is 12.6. The lowest BCUT2D eigenvalue weighted by Gasteiger charge is -2.13. The second-order valence-corrected chi connectivity index (χ2v) is 9.44. The molecule has 0 aromatic carbocycles. The zero-order valence-electron chi connectivity index (χ0n) is 17.1. The third-order valence-electron chi connectivity index (χ3n) is 5.24. The zero-order valence-corrected chi connectivity index (χ0v) is 17.9. The van der Waals surface area contributed by atoms with Crippen LogP contribution in [0.2, 0.25) is 0 Å². The third kappa shape index (κ3) is 17.3. The maximum absolute atomic E-state index is 11.5. The van der Waals surface area contributed by atoms with E-state index in [9.17, 15) is 13.0 Å². The lowest BCUT2D eigenvalue weighted by molar-refractivity contribution is 0.282. The summed E-state index contributed by atoms with van der Waals surface area (Å²) in [7, 11) is -3.88. The largest absolute Gasteiger partial charge is 0.396 e. The molecule has 1 unspecified atom stereocenters. The minimum Gasteiger partial charge on any atom is -0.396 e. The van der Waals surface area contributed by atoms with Gasteiger partial charge in [0.15, 0.2) is 0 Å². The lowest BCUT2D eigenvalue weighted by atomic mass is 10.0. The van der Waals surface area contributed by atoms with E-state index in [1.807, 2.05) is 0 Å². The van der Waals surface area contributed by atoms with Crippen LogP contribution in [0.4, 0.5) is 0 Å². The Bertz CT molecular complexity index is 381. The first-order valence-electron chi connectivity index (χ1n) is 11.1. The Morgan fingerprint density at radius 3 is 1.31 bits per heavy atom. The minimum absolute atomic E-state index is 0.323. The molecule has 0 bridgehead atoms. The highest BCUT2D eigenvalue weighted by Gasteiger charge is 2.21. The van der Waals surface area contributed by atoms with Crippen molar-refractivity contribution in [3.05, 3.63) is 0 Å². The average Bonchev–Trinajstić information content (AvgIpc) is 2.59. The van der Waals surface area contributed by atoms with E-state index >= 15 is 0 Å². The molecule has 0 amide bonds. The number of hydrogen-bond acceptors (Lipinski definition) is 3. The molecule has 2 N–H and O–H groups in total. The van der Waals surface area contributed by atoms with Crippen LogP contribution in [-0.2, 0) is 10.1 Å². The van der Waals surface area contributed by atoms with Crippen molar-refractivity contribution in [2.24, 2.45) is 0 Å². The molecular formula is C21H44O4S. The third-order valence-corrected chi connectivity index (χ3v) is 6.55. The van der Waals surface area contributed by atoms with Gasteiger partial charge in [0.1, 0.15) is 0 Å². The smallest absolute Gasteiger partial charge is 0.267 e. The van der Waals surface area contributed by atoms with Gasteiger partial charge < -0.3 is 5.11 Å². The molecule has 0 heterocycles. The van der Waals surface area contributed by atoms with Gasteiger partial charge in [0.05, 0.1) is 5.25 Å². The molecule has 5 heteroatoms. The van der Waals surface area contributed by atoms with Gasteiger partial charge in [0.2, 0.25) is 0 Å². The fourth-order valence-electron chi connectivity index (χ4n) is 3.49. The molecule has 0 radical (unpaired) electrons. The van der Waals surface area contributed by atoms with E-state index in [0.29, 0.717) is 19.4 Å². The van der Waals surface area contributed by atoms with Crippen LogP contribution in [0.15, 0.2) is 0 Å². The molecular weight excluding hydrogens is 348 g/mol. The van der Waals surface area contributed by atoms with Gasteiger partial charge in [-0.3, -0.25) is 4.55 Å². The summed E-state index contributed by atoms with van der Waals surface area (Å²) in [6.45, 7) is 2.46. The summed E-state index contributed by atoms with van der Waals surface area (Å²) in [5.41, 5.74) is 0. The van der Waals surface area contributed by atoms with Gasteiger partial charge in [-0.1, -0.05) is 103 Å². The van der Waals surface area contributed by atoms with E-state index in [0.717, 1.165) is 51.4 Å². The Morgan fingerprint density at radius 1 is 0.615 bits per heavy atom. The average molecular weight is 393 g/mol. The SMILES string of the molecule is CCCCCCC(CCCCCCCCCCCCCCO)S(=O)(=O)O. The second-order valence-electron chi connectivity index (χ2n) is 7.74. The van der Waals surface area contributed by atoms with Crippen molar-refractivity contribution >= 4 is 10.1 Å². The maximum Gasteiger partial charge on any atom is 0.267 e. The molecule has 0 spiro atoms. The van der Waals surface area contributed by atoms with Gasteiger partial charge >= 0.3 is 0 Å². The number of aliphatic hydroxyl groups excluding tert-OH is 1. The Balaban J connectivity index is 3.52. The molecule has 0 aliphatic carbocycles. The van der Waals surface area contributed by atoms with Gasteiger partial charge in [-0.25, -0.2) is 0 Å². The molecule has 0 saturated carbocycles. The van der Waals surface area contributed by atoms with Crippen LogP contribution in [0, 0.1) is 0 Å². The van der Waals surface area contributed by atoms with Gasteiger partial charge in [0, 0.05) is 6.61 Å². The standard InChI is InChI=1S/C21H44O4S/c1-2-3-4-15-18-21(26(23,24)25)19-16-13-11-9-7-5-6-8-10-12-14-17-20-22/h21-22H,2-20H2,1H3,(H,23,24,25). The summed E-state index contributed by atoms with van der Waals surface area (Å²) >= 11 is 0. The van der Waals surface area contributed by atoms with Gasteiger partial charge in [-0.15, -0.1) is 0 Å². The van der Waals surface area contributed by atoms with Crippen molar-refractivity contribution in [2.45, 2.75) is 128 Å². The Kier molecular flexibility index (Phi) is 18.2. The first-order chi connectivity index (χ1) is 12.5. The predicted octanol–water partition coefficient (Wildman–Crippen LogP) is 6.28. The van der Waals surface area contributed by atoms with Crippen LogP contribution in [0.5, 0.6) is 0 Å². The number of rotatable bonds is 20. The molecule has 0 aliphatic heterocycles. The Morgan fingerprint density at radius 2 is 0.962 bits per heavy atom. The van der Waals surface area contributed by atoms with Crippen molar-refractivity contribution in [1.29, 1.82) is 0 Å². The highest BCUT2D eigenvalue weighted by Crippen LogP contribution is 2.19. The Hall–Kier alpha value is -0.130. The van der Waals surface area contributed by atoms with E-state index in [4.69, 9.17) is 5.11 Å². The highest BCUT2D eigenvalue weighted by atomic mass is 32.2.